The van der Waals surface area contributed by atoms with Gasteiger partial charge in [0, 0.05) is 18.3 Å². The fourth-order valence-corrected chi connectivity index (χ4v) is 3.32. The Morgan fingerprint density at radius 2 is 2.18 bits per heavy atom. The second-order valence-corrected chi connectivity index (χ2v) is 7.19. The lowest BCUT2D eigenvalue weighted by Crippen LogP contribution is -2.45. The Bertz CT molecular complexity index is 254. The lowest BCUT2D eigenvalue weighted by molar-refractivity contribution is -0.120. The van der Waals surface area contributed by atoms with E-state index in [9.17, 15) is 4.79 Å². The summed E-state index contributed by atoms with van der Waals surface area (Å²) in [5.41, 5.74) is 0.398. The van der Waals surface area contributed by atoms with Gasteiger partial charge >= 0.3 is 0 Å². The molecule has 1 saturated heterocycles. The third-order valence-corrected chi connectivity index (χ3v) is 4.49. The Hall–Kier alpha value is -0.220. The van der Waals surface area contributed by atoms with E-state index in [0.29, 0.717) is 23.9 Å². The Morgan fingerprint density at radius 3 is 2.76 bits per heavy atom. The molecule has 0 bridgehead atoms. The quantitative estimate of drug-likeness (QED) is 0.791. The normalized spacial score (nSPS) is 23.7. The molecule has 100 valence electrons. The van der Waals surface area contributed by atoms with Crippen molar-refractivity contribution in [3.63, 3.8) is 0 Å². The van der Waals surface area contributed by atoms with Gasteiger partial charge in [-0.2, -0.15) is 11.8 Å². The molecule has 0 aromatic heterocycles. The molecule has 4 heteroatoms. The fraction of sp³-hybridized carbons (Fsp3) is 0.923. The molecule has 0 saturated carbocycles. The molecule has 3 nitrogen and oxygen atoms in total. The number of carbonyl (C=O) groups excluding carboxylic acids is 1. The zero-order valence-electron chi connectivity index (χ0n) is 11.5. The number of hydrogen-bond donors (Lipinski definition) is 2. The van der Waals surface area contributed by atoms with Gasteiger partial charge in [-0.3, -0.25) is 4.79 Å². The molecular weight excluding hydrogens is 232 g/mol. The van der Waals surface area contributed by atoms with E-state index >= 15 is 0 Å². The highest BCUT2D eigenvalue weighted by molar-refractivity contribution is 7.99. The van der Waals surface area contributed by atoms with Gasteiger partial charge < -0.3 is 10.6 Å². The van der Waals surface area contributed by atoms with Crippen LogP contribution in [-0.4, -0.2) is 36.5 Å². The summed E-state index contributed by atoms with van der Waals surface area (Å²) in [4.78, 5) is 11.6. The van der Waals surface area contributed by atoms with E-state index in [2.05, 4.69) is 38.3 Å². The van der Waals surface area contributed by atoms with Gasteiger partial charge in [0.2, 0.25) is 5.91 Å². The third-order valence-electron chi connectivity index (χ3n) is 2.87. The average molecular weight is 258 g/mol. The second-order valence-electron chi connectivity index (χ2n) is 6.16. The maximum Gasteiger partial charge on any atom is 0.233 e. The van der Waals surface area contributed by atoms with Crippen molar-refractivity contribution in [3.8, 4) is 0 Å². The van der Waals surface area contributed by atoms with Crippen LogP contribution in [0.15, 0.2) is 0 Å². The molecule has 0 aromatic carbocycles. The molecular formula is C13H26N2OS. The first-order chi connectivity index (χ1) is 7.89. The van der Waals surface area contributed by atoms with Crippen molar-refractivity contribution in [3.05, 3.63) is 0 Å². The van der Waals surface area contributed by atoms with Gasteiger partial charge in [0.05, 0.1) is 6.54 Å². The minimum absolute atomic E-state index is 0.118. The van der Waals surface area contributed by atoms with Crippen LogP contribution in [0.3, 0.4) is 0 Å². The zero-order chi connectivity index (χ0) is 12.9. The average Bonchev–Trinajstić information content (AvgIpc) is 2.22. The van der Waals surface area contributed by atoms with E-state index in [1.165, 1.54) is 5.75 Å². The van der Waals surface area contributed by atoms with Gasteiger partial charge in [-0.1, -0.05) is 27.7 Å². The smallest absolute Gasteiger partial charge is 0.233 e. The molecule has 1 atom stereocenters. The van der Waals surface area contributed by atoms with Crippen LogP contribution in [0.1, 0.15) is 34.1 Å². The number of amides is 1. The van der Waals surface area contributed by atoms with Crippen molar-refractivity contribution < 1.29 is 4.79 Å². The van der Waals surface area contributed by atoms with Crippen LogP contribution in [0.2, 0.25) is 0 Å². The predicted molar refractivity (Wildman–Crippen MR) is 75.4 cm³/mol. The summed E-state index contributed by atoms with van der Waals surface area (Å²) >= 11 is 1.99. The van der Waals surface area contributed by atoms with E-state index in [0.717, 1.165) is 18.7 Å². The molecule has 1 rings (SSSR count). The molecule has 0 aromatic rings. The van der Waals surface area contributed by atoms with Gasteiger partial charge in [-0.25, -0.2) is 0 Å². The first-order valence-electron chi connectivity index (χ1n) is 6.47. The highest BCUT2D eigenvalue weighted by Crippen LogP contribution is 2.33. The lowest BCUT2D eigenvalue weighted by Gasteiger charge is -2.35. The summed E-state index contributed by atoms with van der Waals surface area (Å²) in [5.74, 6) is 2.99. The second kappa shape index (κ2) is 6.64. The number of hydrogen-bond acceptors (Lipinski definition) is 3. The molecule has 1 unspecified atom stereocenters. The van der Waals surface area contributed by atoms with Gasteiger partial charge in [0.25, 0.3) is 0 Å². The lowest BCUT2D eigenvalue weighted by atomic mass is 9.88. The SMILES string of the molecule is CC(C)CNC(=O)CNC1CSCC(C)(C)C1. The van der Waals surface area contributed by atoms with E-state index in [1.54, 1.807) is 0 Å². The minimum atomic E-state index is 0.118. The number of thioether (sulfide) groups is 1. The predicted octanol–water partition coefficient (Wildman–Crippen LogP) is 1.88. The summed E-state index contributed by atoms with van der Waals surface area (Å²) in [7, 11) is 0. The van der Waals surface area contributed by atoms with Crippen LogP contribution in [0, 0.1) is 11.3 Å². The Kier molecular flexibility index (Phi) is 5.80. The molecule has 1 aliphatic rings. The molecule has 17 heavy (non-hydrogen) atoms. The van der Waals surface area contributed by atoms with Crippen LogP contribution >= 0.6 is 11.8 Å². The summed E-state index contributed by atoms with van der Waals surface area (Å²) < 4.78 is 0. The van der Waals surface area contributed by atoms with Crippen molar-refractivity contribution in [2.75, 3.05) is 24.6 Å². The number of carbonyl (C=O) groups is 1. The fourth-order valence-electron chi connectivity index (χ4n) is 2.01. The van der Waals surface area contributed by atoms with E-state index in [4.69, 9.17) is 0 Å². The van der Waals surface area contributed by atoms with Crippen LogP contribution in [-0.2, 0) is 4.79 Å². The van der Waals surface area contributed by atoms with Gasteiger partial charge in [0.1, 0.15) is 0 Å². The molecule has 0 spiro atoms. The van der Waals surface area contributed by atoms with Crippen LogP contribution in [0.5, 0.6) is 0 Å². The first kappa shape index (κ1) is 14.8. The molecule has 2 N–H and O–H groups in total. The maximum atomic E-state index is 11.6. The number of nitrogens with one attached hydrogen (secondary N) is 2. The molecule has 1 fully saturated rings. The van der Waals surface area contributed by atoms with Crippen molar-refractivity contribution in [2.45, 2.75) is 40.2 Å². The minimum Gasteiger partial charge on any atom is -0.355 e. The molecule has 1 heterocycles. The first-order valence-corrected chi connectivity index (χ1v) is 7.62. The maximum absolute atomic E-state index is 11.6. The zero-order valence-corrected chi connectivity index (χ0v) is 12.3. The van der Waals surface area contributed by atoms with Crippen molar-refractivity contribution in [2.24, 2.45) is 11.3 Å². The Labute approximate surface area is 109 Å². The number of rotatable bonds is 5. The van der Waals surface area contributed by atoms with Crippen molar-refractivity contribution in [1.29, 1.82) is 0 Å². The highest BCUT2D eigenvalue weighted by Gasteiger charge is 2.28. The summed E-state index contributed by atoms with van der Waals surface area (Å²) in [6.07, 6.45) is 1.16. The largest absolute Gasteiger partial charge is 0.355 e. The van der Waals surface area contributed by atoms with Gasteiger partial charge in [0.15, 0.2) is 0 Å². The molecule has 0 radical (unpaired) electrons. The van der Waals surface area contributed by atoms with E-state index in [1.807, 2.05) is 11.8 Å². The monoisotopic (exact) mass is 258 g/mol. The third kappa shape index (κ3) is 6.32. The molecule has 1 aliphatic heterocycles. The summed E-state index contributed by atoms with van der Waals surface area (Å²) in [5, 5.41) is 6.30. The standard InChI is InChI=1S/C13H26N2OS/c1-10(2)6-15-12(16)7-14-11-5-13(3,4)9-17-8-11/h10-11,14H,5-9H2,1-4H3,(H,15,16). The van der Waals surface area contributed by atoms with E-state index in [-0.39, 0.29) is 5.91 Å². The van der Waals surface area contributed by atoms with Gasteiger partial charge in [-0.05, 0) is 23.5 Å². The van der Waals surface area contributed by atoms with Crippen molar-refractivity contribution in [1.82, 2.24) is 10.6 Å². The molecule has 0 aliphatic carbocycles. The summed E-state index contributed by atoms with van der Waals surface area (Å²) in [6, 6.07) is 0.480. The molecule has 1 amide bonds. The topological polar surface area (TPSA) is 41.1 Å². The van der Waals surface area contributed by atoms with Crippen LogP contribution in [0.25, 0.3) is 0 Å². The summed E-state index contributed by atoms with van der Waals surface area (Å²) in [6.45, 7) is 10.0. The highest BCUT2D eigenvalue weighted by atomic mass is 32.2. The van der Waals surface area contributed by atoms with Crippen LogP contribution < -0.4 is 10.6 Å². The Morgan fingerprint density at radius 1 is 1.47 bits per heavy atom. The van der Waals surface area contributed by atoms with Gasteiger partial charge in [-0.15, -0.1) is 0 Å². The van der Waals surface area contributed by atoms with Crippen LogP contribution in [0.4, 0.5) is 0 Å². The van der Waals surface area contributed by atoms with Crippen molar-refractivity contribution >= 4 is 17.7 Å². The Balaban J connectivity index is 2.19. The van der Waals surface area contributed by atoms with E-state index < -0.39 is 0 Å².